The molecule has 0 heterocycles. The zero-order chi connectivity index (χ0) is 13.1. The fourth-order valence-corrected chi connectivity index (χ4v) is 2.15. The number of halogens is 1. The second-order valence-electron chi connectivity index (χ2n) is 3.31. The van der Waals surface area contributed by atoms with Gasteiger partial charge in [-0.05, 0) is 30.2 Å². The summed E-state index contributed by atoms with van der Waals surface area (Å²) in [5, 5.41) is 8.58. The molecule has 0 aliphatic rings. The molecular weight excluding hydrogens is 268 g/mol. The van der Waals surface area contributed by atoms with Gasteiger partial charge in [-0.15, -0.1) is 0 Å². The standard InChI is InChI=1S/C10H11ClO5S/c1-16-9-4-3-8(17(11,14)15)6-7(9)2-5-10(12)13/h3-4,6H,2,5H2,1H3,(H,12,13). The predicted molar refractivity (Wildman–Crippen MR) is 62.0 cm³/mol. The smallest absolute Gasteiger partial charge is 0.303 e. The maximum atomic E-state index is 11.1. The van der Waals surface area contributed by atoms with E-state index < -0.39 is 15.0 Å². The van der Waals surface area contributed by atoms with Gasteiger partial charge < -0.3 is 9.84 Å². The molecule has 0 atom stereocenters. The van der Waals surface area contributed by atoms with Crippen LogP contribution in [0.5, 0.6) is 5.75 Å². The number of carboxylic acid groups (broad SMARTS) is 1. The third kappa shape index (κ3) is 3.90. The lowest BCUT2D eigenvalue weighted by atomic mass is 10.1. The Morgan fingerprint density at radius 1 is 1.47 bits per heavy atom. The second kappa shape index (κ2) is 5.37. The lowest BCUT2D eigenvalue weighted by Gasteiger charge is -2.08. The number of hydrogen-bond donors (Lipinski definition) is 1. The summed E-state index contributed by atoms with van der Waals surface area (Å²) in [6, 6.07) is 4.09. The van der Waals surface area contributed by atoms with Crippen molar-refractivity contribution in [2.75, 3.05) is 7.11 Å². The fraction of sp³-hybridized carbons (Fsp3) is 0.300. The molecule has 7 heteroatoms. The minimum absolute atomic E-state index is 0.0691. The summed E-state index contributed by atoms with van der Waals surface area (Å²) in [6.45, 7) is 0. The summed E-state index contributed by atoms with van der Waals surface area (Å²) >= 11 is 0. The lowest BCUT2D eigenvalue weighted by Crippen LogP contribution is -2.01. The summed E-state index contributed by atoms with van der Waals surface area (Å²) < 4.78 is 27.3. The van der Waals surface area contributed by atoms with Gasteiger partial charge in [0.2, 0.25) is 0 Å². The summed E-state index contributed by atoms with van der Waals surface area (Å²) in [7, 11) is 2.81. The van der Waals surface area contributed by atoms with Gasteiger partial charge in [0.1, 0.15) is 5.75 Å². The van der Waals surface area contributed by atoms with Gasteiger partial charge in [-0.2, -0.15) is 0 Å². The molecule has 0 spiro atoms. The van der Waals surface area contributed by atoms with Crippen LogP contribution in [0.3, 0.4) is 0 Å². The third-order valence-electron chi connectivity index (χ3n) is 2.14. The summed E-state index contributed by atoms with van der Waals surface area (Å²) in [6.07, 6.45) is 0.0703. The topological polar surface area (TPSA) is 80.7 Å². The molecule has 1 rings (SSSR count). The zero-order valence-electron chi connectivity index (χ0n) is 9.01. The van der Waals surface area contributed by atoms with Crippen LogP contribution in [0.2, 0.25) is 0 Å². The van der Waals surface area contributed by atoms with Crippen LogP contribution in [-0.2, 0) is 20.3 Å². The van der Waals surface area contributed by atoms with Crippen molar-refractivity contribution in [1.82, 2.24) is 0 Å². The molecule has 0 aromatic heterocycles. The Kier molecular flexibility index (Phi) is 4.36. The number of aryl methyl sites for hydroxylation is 1. The van der Waals surface area contributed by atoms with Crippen LogP contribution in [0.4, 0.5) is 0 Å². The molecule has 0 unspecified atom stereocenters. The second-order valence-corrected chi connectivity index (χ2v) is 5.87. The number of hydrogen-bond acceptors (Lipinski definition) is 4. The van der Waals surface area contributed by atoms with Crippen LogP contribution in [0.1, 0.15) is 12.0 Å². The monoisotopic (exact) mass is 278 g/mol. The molecule has 0 fully saturated rings. The van der Waals surface area contributed by atoms with E-state index in [0.717, 1.165) is 0 Å². The van der Waals surface area contributed by atoms with Gasteiger partial charge in [-0.25, -0.2) is 8.42 Å². The number of rotatable bonds is 5. The fourth-order valence-electron chi connectivity index (χ4n) is 1.34. The van der Waals surface area contributed by atoms with E-state index in [4.69, 9.17) is 20.5 Å². The highest BCUT2D eigenvalue weighted by molar-refractivity contribution is 8.13. The Balaban J connectivity index is 3.11. The molecule has 17 heavy (non-hydrogen) atoms. The van der Waals surface area contributed by atoms with E-state index in [1.54, 1.807) is 0 Å². The van der Waals surface area contributed by atoms with E-state index in [1.165, 1.54) is 25.3 Å². The van der Waals surface area contributed by atoms with Crippen molar-refractivity contribution < 1.29 is 23.1 Å². The first-order valence-electron chi connectivity index (χ1n) is 4.68. The number of ether oxygens (including phenoxy) is 1. The SMILES string of the molecule is COc1ccc(S(=O)(=O)Cl)cc1CCC(=O)O. The van der Waals surface area contributed by atoms with Crippen molar-refractivity contribution in [2.24, 2.45) is 0 Å². The average Bonchev–Trinajstić information content (AvgIpc) is 2.24. The maximum Gasteiger partial charge on any atom is 0.303 e. The Morgan fingerprint density at radius 3 is 2.59 bits per heavy atom. The van der Waals surface area contributed by atoms with Gasteiger partial charge in [-0.1, -0.05) is 0 Å². The predicted octanol–water partition coefficient (Wildman–Crippen LogP) is 1.64. The van der Waals surface area contributed by atoms with Gasteiger partial charge in [0.25, 0.3) is 9.05 Å². The third-order valence-corrected chi connectivity index (χ3v) is 3.49. The molecule has 1 aromatic carbocycles. The van der Waals surface area contributed by atoms with E-state index >= 15 is 0 Å². The molecule has 0 saturated carbocycles. The van der Waals surface area contributed by atoms with E-state index in [1.807, 2.05) is 0 Å². The van der Waals surface area contributed by atoms with E-state index in [9.17, 15) is 13.2 Å². The molecule has 0 bridgehead atoms. The van der Waals surface area contributed by atoms with Crippen molar-refractivity contribution in [1.29, 1.82) is 0 Å². The quantitative estimate of drug-likeness (QED) is 0.828. The maximum absolute atomic E-state index is 11.1. The summed E-state index contributed by atoms with van der Waals surface area (Å²) in [5.41, 5.74) is 0.497. The van der Waals surface area contributed by atoms with Gasteiger partial charge in [-0.3, -0.25) is 4.79 Å². The van der Waals surface area contributed by atoms with Crippen LogP contribution < -0.4 is 4.74 Å². The Bertz CT molecular complexity index is 523. The van der Waals surface area contributed by atoms with E-state index in [2.05, 4.69) is 0 Å². The minimum atomic E-state index is -3.82. The van der Waals surface area contributed by atoms with Gasteiger partial charge >= 0.3 is 5.97 Å². The number of benzene rings is 1. The average molecular weight is 279 g/mol. The summed E-state index contributed by atoms with van der Waals surface area (Å²) in [4.78, 5) is 10.4. The number of carboxylic acids is 1. The molecular formula is C10H11ClO5S. The highest BCUT2D eigenvalue weighted by Crippen LogP contribution is 2.25. The molecule has 94 valence electrons. The van der Waals surface area contributed by atoms with Crippen LogP contribution in [0, 0.1) is 0 Å². The Hall–Kier alpha value is -1.27. The number of carbonyl (C=O) groups is 1. The largest absolute Gasteiger partial charge is 0.496 e. The van der Waals surface area contributed by atoms with E-state index in [0.29, 0.717) is 11.3 Å². The van der Waals surface area contributed by atoms with Crippen molar-refractivity contribution in [3.63, 3.8) is 0 Å². The van der Waals surface area contributed by atoms with Gasteiger partial charge in [0.15, 0.2) is 0 Å². The van der Waals surface area contributed by atoms with Gasteiger partial charge in [0.05, 0.1) is 12.0 Å². The molecule has 0 amide bonds. The van der Waals surface area contributed by atoms with Gasteiger partial charge in [0, 0.05) is 17.1 Å². The highest BCUT2D eigenvalue weighted by Gasteiger charge is 2.14. The molecule has 0 aliphatic heterocycles. The summed E-state index contributed by atoms with van der Waals surface area (Å²) in [5.74, 6) is -0.526. The van der Waals surface area contributed by atoms with Crippen molar-refractivity contribution in [2.45, 2.75) is 17.7 Å². The number of aliphatic carboxylic acids is 1. The minimum Gasteiger partial charge on any atom is -0.496 e. The Morgan fingerprint density at radius 2 is 2.12 bits per heavy atom. The van der Waals surface area contributed by atoms with Crippen LogP contribution in [0.15, 0.2) is 23.1 Å². The normalized spacial score (nSPS) is 11.2. The molecule has 0 saturated heterocycles. The molecule has 0 aliphatic carbocycles. The zero-order valence-corrected chi connectivity index (χ0v) is 10.6. The van der Waals surface area contributed by atoms with Crippen molar-refractivity contribution in [3.8, 4) is 5.75 Å². The molecule has 5 nitrogen and oxygen atoms in total. The van der Waals surface area contributed by atoms with E-state index in [-0.39, 0.29) is 17.7 Å². The Labute approximate surface area is 103 Å². The first kappa shape index (κ1) is 13.8. The first-order valence-corrected chi connectivity index (χ1v) is 6.99. The van der Waals surface area contributed by atoms with Crippen molar-refractivity contribution in [3.05, 3.63) is 23.8 Å². The van der Waals surface area contributed by atoms with Crippen LogP contribution in [-0.4, -0.2) is 26.6 Å². The lowest BCUT2D eigenvalue weighted by molar-refractivity contribution is -0.136. The van der Waals surface area contributed by atoms with Crippen molar-refractivity contribution >= 4 is 25.7 Å². The van der Waals surface area contributed by atoms with Crippen LogP contribution in [0.25, 0.3) is 0 Å². The molecule has 1 N–H and O–H groups in total. The molecule has 0 radical (unpaired) electrons. The first-order chi connectivity index (χ1) is 7.84. The highest BCUT2D eigenvalue weighted by atomic mass is 35.7. The number of methoxy groups -OCH3 is 1. The molecule has 1 aromatic rings. The van der Waals surface area contributed by atoms with Crippen LogP contribution >= 0.6 is 10.7 Å².